The van der Waals surface area contributed by atoms with Gasteiger partial charge in [0.15, 0.2) is 0 Å². The van der Waals surface area contributed by atoms with Gasteiger partial charge in [0.05, 0.1) is 30.1 Å². The van der Waals surface area contributed by atoms with Crippen molar-refractivity contribution in [3.63, 3.8) is 0 Å². The second kappa shape index (κ2) is 9.62. The molecule has 0 spiro atoms. The van der Waals surface area contributed by atoms with Crippen molar-refractivity contribution >= 4 is 11.6 Å². The fraction of sp³-hybridized carbons (Fsp3) is 0.348. The summed E-state index contributed by atoms with van der Waals surface area (Å²) in [6.45, 7) is 4.45. The van der Waals surface area contributed by atoms with Gasteiger partial charge in [-0.05, 0) is 50.7 Å². The van der Waals surface area contributed by atoms with Gasteiger partial charge in [-0.25, -0.2) is 4.68 Å². The Morgan fingerprint density at radius 2 is 1.70 bits per heavy atom. The molecule has 0 saturated carbocycles. The number of nitrogens with zero attached hydrogens (tertiary/aromatic N) is 3. The molecule has 6 nitrogen and oxygen atoms in total. The van der Waals surface area contributed by atoms with E-state index in [1.165, 1.54) is 0 Å². The summed E-state index contributed by atoms with van der Waals surface area (Å²) in [7, 11) is 1.88. The molecule has 3 aromatic rings. The molecule has 3 rings (SSSR count). The van der Waals surface area contributed by atoms with Crippen molar-refractivity contribution in [2.75, 3.05) is 20.3 Å². The van der Waals surface area contributed by atoms with Crippen LogP contribution in [0.3, 0.4) is 0 Å². The fourth-order valence-electron chi connectivity index (χ4n) is 3.04. The van der Waals surface area contributed by atoms with Crippen LogP contribution < -0.4 is 4.74 Å². The van der Waals surface area contributed by atoms with Gasteiger partial charge in [-0.2, -0.15) is 5.10 Å². The number of aliphatic hydroxyl groups is 2. The van der Waals surface area contributed by atoms with E-state index in [0.717, 1.165) is 28.3 Å². The molecule has 0 saturated heterocycles. The highest BCUT2D eigenvalue weighted by atomic mass is 35.5. The van der Waals surface area contributed by atoms with Crippen molar-refractivity contribution in [1.82, 2.24) is 14.7 Å². The van der Waals surface area contributed by atoms with Gasteiger partial charge in [0.1, 0.15) is 17.5 Å². The smallest absolute Gasteiger partial charge is 0.139 e. The van der Waals surface area contributed by atoms with Gasteiger partial charge in [-0.15, -0.1) is 0 Å². The number of hydrogen-bond acceptors (Lipinski definition) is 5. The Balaban J connectivity index is 1.65. The molecule has 0 fully saturated rings. The van der Waals surface area contributed by atoms with Crippen LogP contribution in [0, 0.1) is 6.92 Å². The minimum absolute atomic E-state index is 0.113. The Hall–Kier alpha value is -2.38. The molecule has 0 atom stereocenters. The standard InChI is InChI=1S/C23H28ClN3O3/c1-17-21(22(24)27(25-17)19-7-5-4-6-8-19)14-30-20-11-9-18(10-12-20)13-26(3)23(2,15-28)16-29/h4-12,28-29H,13-16H2,1-3H3. The van der Waals surface area contributed by atoms with Gasteiger partial charge in [-0.1, -0.05) is 41.9 Å². The number of ether oxygens (including phenoxy) is 1. The number of aliphatic hydroxyl groups excluding tert-OH is 2. The quantitative estimate of drug-likeness (QED) is 0.544. The topological polar surface area (TPSA) is 70.8 Å². The molecule has 160 valence electrons. The molecule has 30 heavy (non-hydrogen) atoms. The van der Waals surface area contributed by atoms with Crippen LogP contribution in [-0.4, -0.2) is 50.7 Å². The van der Waals surface area contributed by atoms with Gasteiger partial charge >= 0.3 is 0 Å². The van der Waals surface area contributed by atoms with Gasteiger partial charge in [-0.3, -0.25) is 4.90 Å². The van der Waals surface area contributed by atoms with E-state index in [0.29, 0.717) is 18.3 Å². The lowest BCUT2D eigenvalue weighted by atomic mass is 10.0. The van der Waals surface area contributed by atoms with Crippen molar-refractivity contribution < 1.29 is 14.9 Å². The third-order valence-corrected chi connectivity index (χ3v) is 5.84. The summed E-state index contributed by atoms with van der Waals surface area (Å²) in [5.41, 5.74) is 2.98. The van der Waals surface area contributed by atoms with Crippen LogP contribution in [-0.2, 0) is 13.2 Å². The lowest BCUT2D eigenvalue weighted by Crippen LogP contribution is -2.49. The van der Waals surface area contributed by atoms with E-state index in [1.54, 1.807) is 4.68 Å². The first-order chi connectivity index (χ1) is 14.4. The van der Waals surface area contributed by atoms with Gasteiger partial charge in [0.25, 0.3) is 0 Å². The van der Waals surface area contributed by atoms with Crippen molar-refractivity contribution in [2.24, 2.45) is 0 Å². The molecule has 0 radical (unpaired) electrons. The largest absolute Gasteiger partial charge is 0.489 e. The maximum Gasteiger partial charge on any atom is 0.139 e. The summed E-state index contributed by atoms with van der Waals surface area (Å²) in [5, 5.41) is 24.2. The second-order valence-electron chi connectivity index (χ2n) is 7.70. The molecule has 0 aliphatic carbocycles. The van der Waals surface area contributed by atoms with Crippen LogP contribution in [0.25, 0.3) is 5.69 Å². The Kier molecular flexibility index (Phi) is 7.15. The molecule has 2 aromatic carbocycles. The zero-order valence-electron chi connectivity index (χ0n) is 17.5. The lowest BCUT2D eigenvalue weighted by Gasteiger charge is -2.35. The van der Waals surface area contributed by atoms with Crippen molar-refractivity contribution in [1.29, 1.82) is 0 Å². The molecule has 0 unspecified atom stereocenters. The summed E-state index contributed by atoms with van der Waals surface area (Å²) in [6, 6.07) is 17.5. The van der Waals surface area contributed by atoms with E-state index < -0.39 is 5.54 Å². The summed E-state index contributed by atoms with van der Waals surface area (Å²) in [4.78, 5) is 1.93. The molecule has 0 bridgehead atoms. The first-order valence-electron chi connectivity index (χ1n) is 9.82. The maximum absolute atomic E-state index is 9.54. The monoisotopic (exact) mass is 429 g/mol. The number of likely N-dealkylation sites (N-methyl/N-ethyl adjacent to an activating group) is 1. The molecule has 2 N–H and O–H groups in total. The SMILES string of the molecule is Cc1nn(-c2ccccc2)c(Cl)c1COc1ccc(CN(C)C(C)(CO)CO)cc1. The Morgan fingerprint density at radius 1 is 1.07 bits per heavy atom. The zero-order valence-corrected chi connectivity index (χ0v) is 18.3. The van der Waals surface area contributed by atoms with Crippen molar-refractivity contribution in [2.45, 2.75) is 32.5 Å². The molecular formula is C23H28ClN3O3. The van der Waals surface area contributed by atoms with Gasteiger partial charge in [0, 0.05) is 12.1 Å². The first-order valence-corrected chi connectivity index (χ1v) is 10.2. The third-order valence-electron chi connectivity index (χ3n) is 5.45. The van der Waals surface area contributed by atoms with E-state index in [1.807, 2.05) is 80.4 Å². The molecule has 1 heterocycles. The van der Waals surface area contributed by atoms with E-state index in [-0.39, 0.29) is 13.2 Å². The van der Waals surface area contributed by atoms with E-state index >= 15 is 0 Å². The highest BCUT2D eigenvalue weighted by Crippen LogP contribution is 2.25. The average Bonchev–Trinajstić information content (AvgIpc) is 3.06. The number of aromatic nitrogens is 2. The summed E-state index contributed by atoms with van der Waals surface area (Å²) < 4.78 is 7.66. The minimum atomic E-state index is -0.664. The summed E-state index contributed by atoms with van der Waals surface area (Å²) >= 11 is 6.56. The lowest BCUT2D eigenvalue weighted by molar-refractivity contribution is 0.0108. The number of halogens is 1. The first kappa shape index (κ1) is 22.3. The number of rotatable bonds is 9. The molecule has 0 aliphatic heterocycles. The number of aryl methyl sites for hydroxylation is 1. The highest BCUT2D eigenvalue weighted by Gasteiger charge is 2.27. The van der Waals surface area contributed by atoms with Crippen LogP contribution in [0.15, 0.2) is 54.6 Å². The van der Waals surface area contributed by atoms with Crippen molar-refractivity contribution in [3.8, 4) is 11.4 Å². The van der Waals surface area contributed by atoms with E-state index in [2.05, 4.69) is 5.10 Å². The Morgan fingerprint density at radius 3 is 2.30 bits per heavy atom. The predicted octanol–water partition coefficient (Wildman–Crippen LogP) is 3.59. The average molecular weight is 430 g/mol. The number of hydrogen-bond donors (Lipinski definition) is 2. The molecule has 0 amide bonds. The summed E-state index contributed by atoms with van der Waals surface area (Å²) in [5.74, 6) is 0.733. The molecule has 0 aliphatic rings. The number of benzene rings is 2. The molecule has 1 aromatic heterocycles. The van der Waals surface area contributed by atoms with Crippen LogP contribution in [0.2, 0.25) is 5.15 Å². The van der Waals surface area contributed by atoms with E-state index in [9.17, 15) is 10.2 Å². The van der Waals surface area contributed by atoms with Crippen LogP contribution in [0.5, 0.6) is 5.75 Å². The number of para-hydroxylation sites is 1. The zero-order chi connectivity index (χ0) is 21.7. The maximum atomic E-state index is 9.54. The van der Waals surface area contributed by atoms with Crippen LogP contribution >= 0.6 is 11.6 Å². The van der Waals surface area contributed by atoms with Crippen molar-refractivity contribution in [3.05, 3.63) is 76.6 Å². The van der Waals surface area contributed by atoms with Crippen LogP contribution in [0.4, 0.5) is 0 Å². The minimum Gasteiger partial charge on any atom is -0.489 e. The summed E-state index contributed by atoms with van der Waals surface area (Å²) in [6.07, 6.45) is 0. The second-order valence-corrected chi connectivity index (χ2v) is 8.06. The highest BCUT2D eigenvalue weighted by molar-refractivity contribution is 6.30. The van der Waals surface area contributed by atoms with Gasteiger partial charge in [0.2, 0.25) is 0 Å². The van der Waals surface area contributed by atoms with E-state index in [4.69, 9.17) is 16.3 Å². The Bertz CT molecular complexity index is 954. The van der Waals surface area contributed by atoms with Gasteiger partial charge < -0.3 is 14.9 Å². The van der Waals surface area contributed by atoms with Crippen LogP contribution in [0.1, 0.15) is 23.7 Å². The normalized spacial score (nSPS) is 11.8. The molecule has 7 heteroatoms. The Labute approximate surface area is 182 Å². The third kappa shape index (κ3) is 4.84. The molecular weight excluding hydrogens is 402 g/mol. The fourth-order valence-corrected chi connectivity index (χ4v) is 3.37. The predicted molar refractivity (Wildman–Crippen MR) is 118 cm³/mol.